The summed E-state index contributed by atoms with van der Waals surface area (Å²) >= 11 is 0. The summed E-state index contributed by atoms with van der Waals surface area (Å²) in [6, 6.07) is 0. The molecule has 0 radical (unpaired) electrons. The normalized spacial score (nSPS) is 18.6. The van der Waals surface area contributed by atoms with Crippen LogP contribution in [-0.2, 0) is 17.7 Å². The molecule has 26 heavy (non-hydrogen) atoms. The third-order valence-electron chi connectivity index (χ3n) is 5.12. The first kappa shape index (κ1) is 18.7. The van der Waals surface area contributed by atoms with Gasteiger partial charge < -0.3 is 9.64 Å². The maximum absolute atomic E-state index is 12.4. The Morgan fingerprint density at radius 2 is 1.88 bits per heavy atom. The summed E-state index contributed by atoms with van der Waals surface area (Å²) in [6.07, 6.45) is 13.5. The van der Waals surface area contributed by atoms with E-state index in [0.29, 0.717) is 24.8 Å². The van der Waals surface area contributed by atoms with Gasteiger partial charge in [0.05, 0.1) is 17.9 Å². The standard InChI is InChI=1S/C21H29N3O2/c1-5-18-22-17-14-24(20(25)26-21(2,3)4)13-12-16(17)19(23-18)15-10-8-6-7-9-11-15/h1,15H,6-14H2,2-4H3. The van der Waals surface area contributed by atoms with Crippen molar-refractivity contribution in [3.8, 4) is 12.3 Å². The maximum Gasteiger partial charge on any atom is 0.410 e. The van der Waals surface area contributed by atoms with Gasteiger partial charge in [0.2, 0.25) is 5.82 Å². The number of hydrogen-bond donors (Lipinski definition) is 0. The Morgan fingerprint density at radius 3 is 2.50 bits per heavy atom. The van der Waals surface area contributed by atoms with E-state index in [9.17, 15) is 4.79 Å². The first-order valence-electron chi connectivity index (χ1n) is 9.71. The molecule has 1 amide bonds. The van der Waals surface area contributed by atoms with Crippen LogP contribution in [0.5, 0.6) is 0 Å². The summed E-state index contributed by atoms with van der Waals surface area (Å²) in [4.78, 5) is 23.4. The van der Waals surface area contributed by atoms with E-state index in [1.165, 1.54) is 44.1 Å². The molecule has 0 N–H and O–H groups in total. The van der Waals surface area contributed by atoms with Crippen molar-refractivity contribution in [2.75, 3.05) is 6.54 Å². The van der Waals surface area contributed by atoms with Crippen LogP contribution in [0.15, 0.2) is 0 Å². The van der Waals surface area contributed by atoms with Crippen molar-refractivity contribution in [1.29, 1.82) is 0 Å². The fourth-order valence-electron chi connectivity index (χ4n) is 3.90. The van der Waals surface area contributed by atoms with E-state index >= 15 is 0 Å². The van der Waals surface area contributed by atoms with Crippen LogP contribution in [0.4, 0.5) is 4.79 Å². The van der Waals surface area contributed by atoms with E-state index in [2.05, 4.69) is 10.9 Å². The van der Waals surface area contributed by atoms with Crippen LogP contribution >= 0.6 is 0 Å². The molecule has 1 aromatic heterocycles. The van der Waals surface area contributed by atoms with Crippen molar-refractivity contribution < 1.29 is 9.53 Å². The summed E-state index contributed by atoms with van der Waals surface area (Å²) in [5.41, 5.74) is 2.73. The summed E-state index contributed by atoms with van der Waals surface area (Å²) < 4.78 is 5.52. The van der Waals surface area contributed by atoms with E-state index in [1.807, 2.05) is 20.8 Å². The van der Waals surface area contributed by atoms with Gasteiger partial charge in [-0.05, 0) is 51.5 Å². The average molecular weight is 355 g/mol. The number of nitrogens with zero attached hydrogens (tertiary/aromatic N) is 3. The van der Waals surface area contributed by atoms with Crippen LogP contribution in [0, 0.1) is 12.3 Å². The first-order valence-corrected chi connectivity index (χ1v) is 9.71. The Morgan fingerprint density at radius 1 is 1.19 bits per heavy atom. The molecule has 0 spiro atoms. The number of rotatable bonds is 1. The predicted molar refractivity (Wildman–Crippen MR) is 101 cm³/mol. The number of hydrogen-bond acceptors (Lipinski definition) is 4. The molecule has 1 aliphatic heterocycles. The van der Waals surface area contributed by atoms with Crippen LogP contribution in [0.2, 0.25) is 0 Å². The maximum atomic E-state index is 12.4. The van der Waals surface area contributed by atoms with Crippen molar-refractivity contribution in [2.45, 2.75) is 83.8 Å². The highest BCUT2D eigenvalue weighted by Crippen LogP contribution is 2.34. The van der Waals surface area contributed by atoms with Gasteiger partial charge in [0.25, 0.3) is 0 Å². The molecular weight excluding hydrogens is 326 g/mol. The topological polar surface area (TPSA) is 55.3 Å². The fourth-order valence-corrected chi connectivity index (χ4v) is 3.90. The van der Waals surface area contributed by atoms with Gasteiger partial charge in [-0.15, -0.1) is 6.42 Å². The summed E-state index contributed by atoms with van der Waals surface area (Å²) in [5, 5.41) is 0. The molecule has 2 aliphatic rings. The van der Waals surface area contributed by atoms with Gasteiger partial charge in [-0.25, -0.2) is 14.8 Å². The monoisotopic (exact) mass is 355 g/mol. The molecule has 0 bridgehead atoms. The lowest BCUT2D eigenvalue weighted by atomic mass is 9.89. The second-order valence-corrected chi connectivity index (χ2v) is 8.34. The van der Waals surface area contributed by atoms with Crippen LogP contribution < -0.4 is 0 Å². The van der Waals surface area contributed by atoms with E-state index in [-0.39, 0.29) is 6.09 Å². The Labute approximate surface area is 156 Å². The zero-order valence-corrected chi connectivity index (χ0v) is 16.2. The SMILES string of the molecule is C#Cc1nc2c(c(C3CCCCCC3)n1)CCN(C(=O)OC(C)(C)C)C2. The quantitative estimate of drug-likeness (QED) is 0.560. The van der Waals surface area contributed by atoms with Crippen molar-refractivity contribution in [3.05, 3.63) is 22.8 Å². The van der Waals surface area contributed by atoms with Gasteiger partial charge in [-0.2, -0.15) is 0 Å². The number of aromatic nitrogens is 2. The van der Waals surface area contributed by atoms with Crippen molar-refractivity contribution >= 4 is 6.09 Å². The van der Waals surface area contributed by atoms with E-state index in [1.54, 1.807) is 4.90 Å². The zero-order valence-electron chi connectivity index (χ0n) is 16.2. The molecule has 0 aromatic carbocycles. The Balaban J connectivity index is 1.87. The second-order valence-electron chi connectivity index (χ2n) is 8.34. The molecule has 5 nitrogen and oxygen atoms in total. The third kappa shape index (κ3) is 4.35. The van der Waals surface area contributed by atoms with Gasteiger partial charge in [0, 0.05) is 12.5 Å². The van der Waals surface area contributed by atoms with Gasteiger partial charge in [0.1, 0.15) is 5.60 Å². The molecule has 5 heteroatoms. The summed E-state index contributed by atoms with van der Waals surface area (Å²) in [6.45, 7) is 6.73. The highest BCUT2D eigenvalue weighted by molar-refractivity contribution is 5.68. The van der Waals surface area contributed by atoms with Crippen LogP contribution in [-0.4, -0.2) is 33.1 Å². The lowest BCUT2D eigenvalue weighted by Crippen LogP contribution is -2.40. The van der Waals surface area contributed by atoms with E-state index in [4.69, 9.17) is 16.1 Å². The molecule has 1 fully saturated rings. The minimum atomic E-state index is -0.501. The highest BCUT2D eigenvalue weighted by Gasteiger charge is 2.30. The van der Waals surface area contributed by atoms with Gasteiger partial charge in [-0.3, -0.25) is 0 Å². The number of carbonyl (C=O) groups is 1. The van der Waals surface area contributed by atoms with Crippen molar-refractivity contribution in [3.63, 3.8) is 0 Å². The molecule has 0 saturated heterocycles. The molecule has 0 unspecified atom stereocenters. The smallest absolute Gasteiger partial charge is 0.410 e. The largest absolute Gasteiger partial charge is 0.444 e. The highest BCUT2D eigenvalue weighted by atomic mass is 16.6. The lowest BCUT2D eigenvalue weighted by molar-refractivity contribution is 0.0220. The molecule has 1 saturated carbocycles. The van der Waals surface area contributed by atoms with Gasteiger partial charge in [0.15, 0.2) is 0 Å². The molecule has 1 aromatic rings. The predicted octanol–water partition coefficient (Wildman–Crippen LogP) is 4.19. The minimum absolute atomic E-state index is 0.292. The van der Waals surface area contributed by atoms with E-state index in [0.717, 1.165) is 17.8 Å². The van der Waals surface area contributed by atoms with Crippen molar-refractivity contribution in [2.24, 2.45) is 0 Å². The molecule has 140 valence electrons. The Kier molecular flexibility index (Phi) is 5.50. The van der Waals surface area contributed by atoms with Crippen LogP contribution in [0.1, 0.15) is 88.0 Å². The minimum Gasteiger partial charge on any atom is -0.444 e. The zero-order chi connectivity index (χ0) is 18.7. The second kappa shape index (κ2) is 7.65. The first-order chi connectivity index (χ1) is 12.4. The Hall–Kier alpha value is -2.09. The number of ether oxygens (including phenoxy) is 1. The number of carbonyl (C=O) groups excluding carboxylic acids is 1. The van der Waals surface area contributed by atoms with Crippen molar-refractivity contribution in [1.82, 2.24) is 14.9 Å². The fraction of sp³-hybridized carbons (Fsp3) is 0.667. The number of terminal acetylenes is 1. The third-order valence-corrected chi connectivity index (χ3v) is 5.12. The lowest BCUT2D eigenvalue weighted by Gasteiger charge is -2.32. The van der Waals surface area contributed by atoms with E-state index < -0.39 is 5.60 Å². The molecule has 1 aliphatic carbocycles. The molecule has 0 atom stereocenters. The van der Waals surface area contributed by atoms with Crippen LogP contribution in [0.3, 0.4) is 0 Å². The summed E-state index contributed by atoms with van der Waals surface area (Å²) in [7, 11) is 0. The molecular formula is C21H29N3O2. The van der Waals surface area contributed by atoms with Gasteiger partial charge >= 0.3 is 6.09 Å². The summed E-state index contributed by atoms with van der Waals surface area (Å²) in [5.74, 6) is 3.50. The molecule has 3 rings (SSSR count). The molecule has 2 heterocycles. The number of amides is 1. The van der Waals surface area contributed by atoms with Gasteiger partial charge in [-0.1, -0.05) is 25.7 Å². The Bertz CT molecular complexity index is 707. The van der Waals surface area contributed by atoms with Crippen LogP contribution in [0.25, 0.3) is 0 Å². The number of fused-ring (bicyclic) bond motifs is 1. The average Bonchev–Trinajstić information content (AvgIpc) is 2.88.